The van der Waals surface area contributed by atoms with Gasteiger partial charge in [-0.05, 0) is 37.6 Å². The van der Waals surface area contributed by atoms with Crippen molar-refractivity contribution < 1.29 is 4.74 Å². The molecule has 0 atom stereocenters. The lowest BCUT2D eigenvalue weighted by atomic mass is 10.1. The number of aryl methyl sites for hydroxylation is 2. The van der Waals surface area contributed by atoms with Crippen molar-refractivity contribution in [2.75, 3.05) is 18.5 Å². The van der Waals surface area contributed by atoms with Gasteiger partial charge in [-0.1, -0.05) is 23.8 Å². The van der Waals surface area contributed by atoms with E-state index in [1.807, 2.05) is 24.3 Å². The molecule has 0 radical (unpaired) electrons. The molecule has 0 unspecified atom stereocenters. The smallest absolute Gasteiger partial charge is 0.125 e. The summed E-state index contributed by atoms with van der Waals surface area (Å²) >= 11 is 0. The van der Waals surface area contributed by atoms with Gasteiger partial charge in [-0.2, -0.15) is 0 Å². The Balaban J connectivity index is 1.79. The molecule has 1 N–H and O–H groups in total. The Morgan fingerprint density at radius 2 is 2.06 bits per heavy atom. The summed E-state index contributed by atoms with van der Waals surface area (Å²) in [6.45, 7) is 5.51. The first-order valence-corrected chi connectivity index (χ1v) is 6.10. The second-order valence-electron chi connectivity index (χ2n) is 4.26. The highest BCUT2D eigenvalue weighted by molar-refractivity contribution is 5.36. The lowest BCUT2D eigenvalue weighted by molar-refractivity contribution is 0.330. The van der Waals surface area contributed by atoms with Crippen LogP contribution in [-0.2, 0) is 0 Å². The highest BCUT2D eigenvalue weighted by Gasteiger charge is 1.99. The van der Waals surface area contributed by atoms with Crippen molar-refractivity contribution in [2.24, 2.45) is 0 Å². The van der Waals surface area contributed by atoms with Crippen LogP contribution in [0.4, 0.5) is 5.82 Å². The van der Waals surface area contributed by atoms with Crippen LogP contribution >= 0.6 is 0 Å². The van der Waals surface area contributed by atoms with Crippen LogP contribution < -0.4 is 10.1 Å². The first-order valence-electron chi connectivity index (χ1n) is 6.10. The molecule has 1 heterocycles. The van der Waals surface area contributed by atoms with Crippen molar-refractivity contribution in [1.29, 1.82) is 0 Å². The summed E-state index contributed by atoms with van der Waals surface area (Å²) in [5, 5.41) is 3.21. The number of anilines is 1. The number of hydrogen-bond acceptors (Lipinski definition) is 3. The van der Waals surface area contributed by atoms with E-state index in [1.54, 1.807) is 6.20 Å². The van der Waals surface area contributed by atoms with Crippen molar-refractivity contribution in [3.63, 3.8) is 0 Å². The predicted octanol–water partition coefficient (Wildman–Crippen LogP) is 3.19. The van der Waals surface area contributed by atoms with E-state index in [-0.39, 0.29) is 0 Å². The Bertz CT molecular complexity index is 497. The largest absolute Gasteiger partial charge is 0.491 e. The third-order valence-corrected chi connectivity index (χ3v) is 2.66. The molecule has 0 aliphatic rings. The summed E-state index contributed by atoms with van der Waals surface area (Å²) < 4.78 is 5.72. The predicted molar refractivity (Wildman–Crippen MR) is 74.1 cm³/mol. The van der Waals surface area contributed by atoms with Crippen molar-refractivity contribution in [3.8, 4) is 5.75 Å². The van der Waals surface area contributed by atoms with Crippen molar-refractivity contribution in [3.05, 3.63) is 53.7 Å². The van der Waals surface area contributed by atoms with Crippen LogP contribution in [0.5, 0.6) is 5.75 Å². The highest BCUT2D eigenvalue weighted by atomic mass is 16.5. The summed E-state index contributed by atoms with van der Waals surface area (Å²) in [5.74, 6) is 1.82. The second kappa shape index (κ2) is 6.05. The maximum Gasteiger partial charge on any atom is 0.125 e. The highest BCUT2D eigenvalue weighted by Crippen LogP contribution is 2.18. The van der Waals surface area contributed by atoms with E-state index < -0.39 is 0 Å². The lowest BCUT2D eigenvalue weighted by Crippen LogP contribution is -2.12. The monoisotopic (exact) mass is 242 g/mol. The van der Waals surface area contributed by atoms with Crippen molar-refractivity contribution in [1.82, 2.24) is 4.98 Å². The first-order chi connectivity index (χ1) is 8.75. The van der Waals surface area contributed by atoms with Crippen molar-refractivity contribution >= 4 is 5.82 Å². The Hall–Kier alpha value is -2.03. The standard InChI is InChI=1S/C15H18N2O/c1-12-6-7-14(13(2)11-12)18-10-9-17-15-5-3-4-8-16-15/h3-8,11H,9-10H2,1-2H3,(H,16,17). The van der Waals surface area contributed by atoms with Crippen molar-refractivity contribution in [2.45, 2.75) is 13.8 Å². The molecule has 0 bridgehead atoms. The zero-order chi connectivity index (χ0) is 12.8. The molecular formula is C15H18N2O. The van der Waals surface area contributed by atoms with Gasteiger partial charge in [0.05, 0.1) is 6.54 Å². The molecule has 0 fully saturated rings. The zero-order valence-corrected chi connectivity index (χ0v) is 10.8. The Kier molecular flexibility index (Phi) is 4.18. The van der Waals surface area contributed by atoms with E-state index >= 15 is 0 Å². The summed E-state index contributed by atoms with van der Waals surface area (Å²) in [4.78, 5) is 4.19. The fourth-order valence-corrected chi connectivity index (χ4v) is 1.77. The number of aromatic nitrogens is 1. The first kappa shape index (κ1) is 12.4. The fraction of sp³-hybridized carbons (Fsp3) is 0.267. The maximum absolute atomic E-state index is 5.72. The maximum atomic E-state index is 5.72. The molecule has 18 heavy (non-hydrogen) atoms. The van der Waals surface area contributed by atoms with E-state index in [4.69, 9.17) is 4.74 Å². The van der Waals surface area contributed by atoms with Gasteiger partial charge in [0.2, 0.25) is 0 Å². The topological polar surface area (TPSA) is 34.1 Å². The van der Waals surface area contributed by atoms with Gasteiger partial charge in [-0.25, -0.2) is 4.98 Å². The van der Waals surface area contributed by atoms with Gasteiger partial charge >= 0.3 is 0 Å². The molecule has 2 rings (SSSR count). The number of nitrogens with zero attached hydrogens (tertiary/aromatic N) is 1. The van der Waals surface area contributed by atoms with Gasteiger partial charge in [0.25, 0.3) is 0 Å². The number of benzene rings is 1. The van der Waals surface area contributed by atoms with Crippen LogP contribution in [-0.4, -0.2) is 18.1 Å². The molecule has 3 heteroatoms. The molecule has 0 amide bonds. The fourth-order valence-electron chi connectivity index (χ4n) is 1.77. The van der Waals surface area contributed by atoms with Crippen LogP contribution in [0.15, 0.2) is 42.6 Å². The quantitative estimate of drug-likeness (QED) is 0.818. The molecule has 1 aromatic heterocycles. The summed E-state index contributed by atoms with van der Waals surface area (Å²) in [7, 11) is 0. The summed E-state index contributed by atoms with van der Waals surface area (Å²) in [6, 6.07) is 12.0. The zero-order valence-electron chi connectivity index (χ0n) is 10.8. The third-order valence-electron chi connectivity index (χ3n) is 2.66. The van der Waals surface area contributed by atoms with Crippen LogP contribution in [0, 0.1) is 13.8 Å². The molecule has 0 saturated heterocycles. The van der Waals surface area contributed by atoms with Gasteiger partial charge in [0.15, 0.2) is 0 Å². The average molecular weight is 242 g/mol. The number of pyridine rings is 1. The Morgan fingerprint density at radius 3 is 2.78 bits per heavy atom. The number of rotatable bonds is 5. The number of hydrogen-bond donors (Lipinski definition) is 1. The van der Waals surface area contributed by atoms with Crippen LogP contribution in [0.3, 0.4) is 0 Å². The van der Waals surface area contributed by atoms with E-state index in [1.165, 1.54) is 11.1 Å². The van der Waals surface area contributed by atoms with Crippen LogP contribution in [0.1, 0.15) is 11.1 Å². The number of ether oxygens (including phenoxy) is 1. The molecule has 0 saturated carbocycles. The van der Waals surface area contributed by atoms with E-state index in [2.05, 4.69) is 36.3 Å². The molecule has 0 spiro atoms. The van der Waals surface area contributed by atoms with Crippen LogP contribution in [0.2, 0.25) is 0 Å². The van der Waals surface area contributed by atoms with E-state index in [0.29, 0.717) is 6.61 Å². The molecular weight excluding hydrogens is 224 g/mol. The SMILES string of the molecule is Cc1ccc(OCCNc2ccccn2)c(C)c1. The number of nitrogens with one attached hydrogen (secondary N) is 1. The second-order valence-corrected chi connectivity index (χ2v) is 4.26. The Labute approximate surface area is 108 Å². The normalized spacial score (nSPS) is 10.1. The van der Waals surface area contributed by atoms with Gasteiger partial charge in [-0.15, -0.1) is 0 Å². The molecule has 2 aromatic rings. The minimum Gasteiger partial charge on any atom is -0.491 e. The van der Waals surface area contributed by atoms with Gasteiger partial charge in [0, 0.05) is 6.20 Å². The minimum atomic E-state index is 0.625. The minimum absolute atomic E-state index is 0.625. The van der Waals surface area contributed by atoms with Crippen LogP contribution in [0.25, 0.3) is 0 Å². The Morgan fingerprint density at radius 1 is 1.17 bits per heavy atom. The van der Waals surface area contributed by atoms with E-state index in [9.17, 15) is 0 Å². The van der Waals surface area contributed by atoms with Gasteiger partial charge in [0.1, 0.15) is 18.2 Å². The lowest BCUT2D eigenvalue weighted by Gasteiger charge is -2.10. The summed E-state index contributed by atoms with van der Waals surface area (Å²) in [6.07, 6.45) is 1.77. The third kappa shape index (κ3) is 3.48. The average Bonchev–Trinajstić information content (AvgIpc) is 2.38. The molecule has 1 aromatic carbocycles. The summed E-state index contributed by atoms with van der Waals surface area (Å²) in [5.41, 5.74) is 2.43. The van der Waals surface area contributed by atoms with Gasteiger partial charge in [-0.3, -0.25) is 0 Å². The molecule has 0 aliphatic heterocycles. The van der Waals surface area contributed by atoms with Gasteiger partial charge < -0.3 is 10.1 Å². The molecule has 3 nitrogen and oxygen atoms in total. The van der Waals surface area contributed by atoms with E-state index in [0.717, 1.165) is 18.1 Å². The molecule has 94 valence electrons. The molecule has 0 aliphatic carbocycles.